The SMILES string of the molecule is C=C(C(=O)OC1CC2CC(CNC)C1C2)C(F)(F)F. The number of alkyl halides is 3. The zero-order chi connectivity index (χ0) is 14.2. The third kappa shape index (κ3) is 2.94. The lowest BCUT2D eigenvalue weighted by Crippen LogP contribution is -2.35. The Morgan fingerprint density at radius 1 is 1.37 bits per heavy atom. The van der Waals surface area contributed by atoms with E-state index in [0.717, 1.165) is 19.4 Å². The molecule has 0 amide bonds. The van der Waals surface area contributed by atoms with Crippen LogP contribution in [0.5, 0.6) is 0 Å². The number of carbonyl (C=O) groups excluding carboxylic acids is 1. The number of halogens is 3. The Bertz CT molecular complexity index is 381. The van der Waals surface area contributed by atoms with E-state index in [1.54, 1.807) is 0 Å². The summed E-state index contributed by atoms with van der Waals surface area (Å²) in [5, 5.41) is 3.08. The first-order valence-electron chi connectivity index (χ1n) is 6.44. The number of fused-ring (bicyclic) bond motifs is 2. The van der Waals surface area contributed by atoms with Crippen molar-refractivity contribution >= 4 is 5.97 Å². The second-order valence-corrected chi connectivity index (χ2v) is 5.47. The minimum absolute atomic E-state index is 0.183. The zero-order valence-corrected chi connectivity index (χ0v) is 10.8. The zero-order valence-electron chi connectivity index (χ0n) is 10.8. The van der Waals surface area contributed by atoms with Gasteiger partial charge in [0.2, 0.25) is 0 Å². The first-order chi connectivity index (χ1) is 8.82. The van der Waals surface area contributed by atoms with Gasteiger partial charge in [-0.05, 0) is 44.7 Å². The Hall–Kier alpha value is -1.04. The number of hydrogen-bond acceptors (Lipinski definition) is 3. The molecule has 1 N–H and O–H groups in total. The summed E-state index contributed by atoms with van der Waals surface area (Å²) < 4.78 is 42.1. The van der Waals surface area contributed by atoms with E-state index in [2.05, 4.69) is 11.9 Å². The van der Waals surface area contributed by atoms with E-state index in [1.165, 1.54) is 0 Å². The van der Waals surface area contributed by atoms with Gasteiger partial charge in [0.15, 0.2) is 0 Å². The molecule has 2 fully saturated rings. The van der Waals surface area contributed by atoms with Gasteiger partial charge >= 0.3 is 12.1 Å². The highest BCUT2D eigenvalue weighted by molar-refractivity contribution is 5.89. The van der Waals surface area contributed by atoms with Gasteiger partial charge in [-0.25, -0.2) is 4.79 Å². The molecule has 0 saturated heterocycles. The maximum atomic E-state index is 12.3. The van der Waals surface area contributed by atoms with Crippen LogP contribution in [-0.2, 0) is 9.53 Å². The molecule has 2 saturated carbocycles. The van der Waals surface area contributed by atoms with Crippen molar-refractivity contribution in [3.05, 3.63) is 12.2 Å². The number of rotatable bonds is 4. The molecule has 2 bridgehead atoms. The molecule has 0 spiro atoms. The fraction of sp³-hybridized carbons (Fsp3) is 0.769. The number of ether oxygens (including phenoxy) is 1. The third-order valence-corrected chi connectivity index (χ3v) is 4.20. The maximum absolute atomic E-state index is 12.3. The smallest absolute Gasteiger partial charge is 0.422 e. The molecular formula is C13H18F3NO2. The van der Waals surface area contributed by atoms with Crippen molar-refractivity contribution in [2.75, 3.05) is 13.6 Å². The lowest BCUT2D eigenvalue weighted by molar-refractivity contribution is -0.158. The van der Waals surface area contributed by atoms with Crippen LogP contribution in [0, 0.1) is 17.8 Å². The van der Waals surface area contributed by atoms with Crippen molar-refractivity contribution in [1.82, 2.24) is 5.32 Å². The van der Waals surface area contributed by atoms with Crippen LogP contribution in [0.3, 0.4) is 0 Å². The monoisotopic (exact) mass is 277 g/mol. The second-order valence-electron chi connectivity index (χ2n) is 5.47. The Kier molecular flexibility index (Phi) is 3.90. The summed E-state index contributed by atoms with van der Waals surface area (Å²) in [4.78, 5) is 11.4. The van der Waals surface area contributed by atoms with Crippen LogP contribution in [0.1, 0.15) is 19.3 Å². The van der Waals surface area contributed by atoms with Crippen molar-refractivity contribution in [3.8, 4) is 0 Å². The normalized spacial score (nSPS) is 33.5. The fourth-order valence-electron chi connectivity index (χ4n) is 3.38. The van der Waals surface area contributed by atoms with Crippen molar-refractivity contribution in [3.63, 3.8) is 0 Å². The number of nitrogens with one attached hydrogen (secondary N) is 1. The molecule has 2 aliphatic rings. The van der Waals surface area contributed by atoms with Crippen LogP contribution in [0.25, 0.3) is 0 Å². The maximum Gasteiger partial charge on any atom is 0.422 e. The molecule has 0 heterocycles. The minimum atomic E-state index is -4.71. The van der Waals surface area contributed by atoms with E-state index < -0.39 is 17.7 Å². The summed E-state index contributed by atoms with van der Waals surface area (Å²) in [5.74, 6) is -0.281. The molecule has 4 atom stereocenters. The molecule has 2 rings (SSSR count). The van der Waals surface area contributed by atoms with Crippen molar-refractivity contribution in [1.29, 1.82) is 0 Å². The highest BCUT2D eigenvalue weighted by Crippen LogP contribution is 2.49. The minimum Gasteiger partial charge on any atom is -0.458 e. The van der Waals surface area contributed by atoms with Gasteiger partial charge in [0.25, 0.3) is 0 Å². The molecular weight excluding hydrogens is 259 g/mol. The molecule has 0 radical (unpaired) electrons. The summed E-state index contributed by atoms with van der Waals surface area (Å²) in [7, 11) is 1.85. The van der Waals surface area contributed by atoms with Crippen LogP contribution in [0.4, 0.5) is 13.2 Å². The topological polar surface area (TPSA) is 38.3 Å². The van der Waals surface area contributed by atoms with Gasteiger partial charge < -0.3 is 10.1 Å². The first kappa shape index (κ1) is 14.4. The Balaban J connectivity index is 1.94. The lowest BCUT2D eigenvalue weighted by Gasteiger charge is -2.29. The fourth-order valence-corrected chi connectivity index (χ4v) is 3.38. The van der Waals surface area contributed by atoms with Crippen molar-refractivity contribution in [2.45, 2.75) is 31.5 Å². The predicted molar refractivity (Wildman–Crippen MR) is 63.3 cm³/mol. The van der Waals surface area contributed by atoms with Gasteiger partial charge in [-0.15, -0.1) is 0 Å². The van der Waals surface area contributed by atoms with E-state index in [4.69, 9.17) is 4.74 Å². The summed E-state index contributed by atoms with van der Waals surface area (Å²) in [6, 6.07) is 0. The van der Waals surface area contributed by atoms with Gasteiger partial charge in [-0.2, -0.15) is 13.2 Å². The van der Waals surface area contributed by atoms with E-state index in [1.807, 2.05) is 7.05 Å². The van der Waals surface area contributed by atoms with Crippen LogP contribution in [0.2, 0.25) is 0 Å². The molecule has 0 aromatic heterocycles. The van der Waals surface area contributed by atoms with E-state index >= 15 is 0 Å². The molecule has 2 aliphatic carbocycles. The van der Waals surface area contributed by atoms with E-state index in [-0.39, 0.29) is 12.0 Å². The summed E-state index contributed by atoms with van der Waals surface area (Å²) >= 11 is 0. The largest absolute Gasteiger partial charge is 0.458 e. The molecule has 0 aromatic rings. The molecule has 3 nitrogen and oxygen atoms in total. The van der Waals surface area contributed by atoms with Crippen molar-refractivity contribution < 1.29 is 22.7 Å². The van der Waals surface area contributed by atoms with Gasteiger partial charge in [-0.1, -0.05) is 6.58 Å². The summed E-state index contributed by atoms with van der Waals surface area (Å²) in [6.07, 6.45) is -2.40. The third-order valence-electron chi connectivity index (χ3n) is 4.20. The van der Waals surface area contributed by atoms with Gasteiger partial charge in [0.1, 0.15) is 11.7 Å². The molecule has 0 aliphatic heterocycles. The second kappa shape index (κ2) is 5.15. The number of hydrogen-bond donors (Lipinski definition) is 1. The lowest BCUT2D eigenvalue weighted by atomic mass is 9.86. The molecule has 4 unspecified atom stereocenters. The molecule has 0 aromatic carbocycles. The highest BCUT2D eigenvalue weighted by atomic mass is 19.4. The molecule has 19 heavy (non-hydrogen) atoms. The van der Waals surface area contributed by atoms with Crippen LogP contribution in [0.15, 0.2) is 12.2 Å². The van der Waals surface area contributed by atoms with Crippen molar-refractivity contribution in [2.24, 2.45) is 17.8 Å². The van der Waals surface area contributed by atoms with Crippen LogP contribution < -0.4 is 5.32 Å². The average Bonchev–Trinajstić information content (AvgIpc) is 2.86. The van der Waals surface area contributed by atoms with E-state index in [0.29, 0.717) is 18.3 Å². The van der Waals surface area contributed by atoms with Crippen LogP contribution >= 0.6 is 0 Å². The molecule has 6 heteroatoms. The Labute approximate surface area is 110 Å². The first-order valence-corrected chi connectivity index (χ1v) is 6.44. The Morgan fingerprint density at radius 3 is 2.58 bits per heavy atom. The van der Waals surface area contributed by atoms with Gasteiger partial charge in [-0.3, -0.25) is 0 Å². The van der Waals surface area contributed by atoms with Gasteiger partial charge in [0, 0.05) is 5.92 Å². The number of esters is 1. The summed E-state index contributed by atoms with van der Waals surface area (Å²) in [5.41, 5.74) is -1.42. The number of carbonyl (C=O) groups is 1. The van der Waals surface area contributed by atoms with E-state index in [9.17, 15) is 18.0 Å². The predicted octanol–water partition coefficient (Wildman–Crippen LogP) is 2.28. The van der Waals surface area contributed by atoms with Gasteiger partial charge in [0.05, 0.1) is 0 Å². The standard InChI is InChI=1S/C13H18F3NO2/c1-7(13(14,15)16)12(18)19-11-5-8-3-9(6-17-2)10(11)4-8/h8-11,17H,1,3-6H2,2H3. The quantitative estimate of drug-likeness (QED) is 0.633. The molecule has 108 valence electrons. The Morgan fingerprint density at radius 2 is 2.05 bits per heavy atom. The average molecular weight is 277 g/mol. The highest BCUT2D eigenvalue weighted by Gasteiger charge is 2.48. The van der Waals surface area contributed by atoms with Crippen LogP contribution in [-0.4, -0.2) is 31.8 Å². The summed E-state index contributed by atoms with van der Waals surface area (Å²) in [6.45, 7) is 3.59.